The standard InChI is InChI=1S/C19H23FN2O3S/c1-15-13-17(7-8-18(15)20)26(23,24)22-11-9-21(10-12-22)14-16-5-3-4-6-19(16)25-2/h3-8,13H,9-12,14H2,1-2H3. The molecule has 26 heavy (non-hydrogen) atoms. The topological polar surface area (TPSA) is 49.9 Å². The molecular weight excluding hydrogens is 355 g/mol. The highest BCUT2D eigenvalue weighted by Crippen LogP contribution is 2.23. The van der Waals surface area contributed by atoms with Crippen LogP contribution in [0.25, 0.3) is 0 Å². The minimum Gasteiger partial charge on any atom is -0.496 e. The van der Waals surface area contributed by atoms with Crippen LogP contribution in [-0.2, 0) is 16.6 Å². The lowest BCUT2D eigenvalue weighted by Gasteiger charge is -2.34. The van der Waals surface area contributed by atoms with Gasteiger partial charge in [-0.2, -0.15) is 4.31 Å². The summed E-state index contributed by atoms with van der Waals surface area (Å²) in [5.74, 6) is 0.440. The van der Waals surface area contributed by atoms with Crippen LogP contribution in [0, 0.1) is 12.7 Å². The third-order valence-corrected chi connectivity index (χ3v) is 6.58. The Morgan fingerprint density at radius 3 is 2.42 bits per heavy atom. The fourth-order valence-corrected chi connectivity index (χ4v) is 4.64. The van der Waals surface area contributed by atoms with E-state index < -0.39 is 15.8 Å². The van der Waals surface area contributed by atoms with E-state index >= 15 is 0 Å². The summed E-state index contributed by atoms with van der Waals surface area (Å²) in [6.45, 7) is 4.38. The first-order valence-electron chi connectivity index (χ1n) is 8.52. The molecule has 0 amide bonds. The van der Waals surface area contributed by atoms with Crippen molar-refractivity contribution in [1.29, 1.82) is 0 Å². The third kappa shape index (κ3) is 3.90. The molecule has 0 aromatic heterocycles. The number of hydrogen-bond acceptors (Lipinski definition) is 4. The van der Waals surface area contributed by atoms with Crippen LogP contribution in [0.3, 0.4) is 0 Å². The number of para-hydroxylation sites is 1. The zero-order chi connectivity index (χ0) is 18.7. The van der Waals surface area contributed by atoms with E-state index in [2.05, 4.69) is 4.90 Å². The van der Waals surface area contributed by atoms with Gasteiger partial charge in [0, 0.05) is 38.3 Å². The number of benzene rings is 2. The first kappa shape index (κ1) is 18.8. The Labute approximate surface area is 154 Å². The van der Waals surface area contributed by atoms with Crippen molar-refractivity contribution in [3.63, 3.8) is 0 Å². The van der Waals surface area contributed by atoms with Crippen LogP contribution >= 0.6 is 0 Å². The summed E-state index contributed by atoms with van der Waals surface area (Å²) in [4.78, 5) is 2.36. The SMILES string of the molecule is COc1ccccc1CN1CCN(S(=O)(=O)c2ccc(F)c(C)c2)CC1. The van der Waals surface area contributed by atoms with Crippen LogP contribution in [-0.4, -0.2) is 50.9 Å². The van der Waals surface area contributed by atoms with E-state index in [4.69, 9.17) is 4.74 Å². The minimum atomic E-state index is -3.60. The highest BCUT2D eigenvalue weighted by Gasteiger charge is 2.29. The Balaban J connectivity index is 1.67. The molecule has 2 aromatic rings. The number of nitrogens with zero attached hydrogens (tertiary/aromatic N) is 2. The van der Waals surface area contributed by atoms with Gasteiger partial charge in [0.25, 0.3) is 0 Å². The summed E-state index contributed by atoms with van der Waals surface area (Å²) >= 11 is 0. The molecule has 5 nitrogen and oxygen atoms in total. The molecule has 1 aliphatic heterocycles. The average molecular weight is 378 g/mol. The maximum atomic E-state index is 13.4. The Morgan fingerprint density at radius 1 is 1.08 bits per heavy atom. The van der Waals surface area contributed by atoms with E-state index in [1.807, 2.05) is 24.3 Å². The second-order valence-electron chi connectivity index (χ2n) is 6.40. The summed E-state index contributed by atoms with van der Waals surface area (Å²) in [6, 6.07) is 11.8. The molecule has 0 bridgehead atoms. The van der Waals surface area contributed by atoms with Gasteiger partial charge in [-0.25, -0.2) is 12.8 Å². The highest BCUT2D eigenvalue weighted by atomic mass is 32.2. The fourth-order valence-electron chi connectivity index (χ4n) is 3.13. The molecule has 7 heteroatoms. The van der Waals surface area contributed by atoms with Crippen molar-refractivity contribution in [2.24, 2.45) is 0 Å². The van der Waals surface area contributed by atoms with Gasteiger partial charge in [-0.15, -0.1) is 0 Å². The van der Waals surface area contributed by atoms with Crippen LogP contribution in [0.5, 0.6) is 5.75 Å². The first-order chi connectivity index (χ1) is 12.4. The van der Waals surface area contributed by atoms with Crippen molar-refractivity contribution in [1.82, 2.24) is 9.21 Å². The number of halogens is 1. The van der Waals surface area contributed by atoms with Crippen molar-refractivity contribution in [2.45, 2.75) is 18.4 Å². The van der Waals surface area contributed by atoms with Gasteiger partial charge < -0.3 is 4.74 Å². The Kier molecular flexibility index (Phi) is 5.60. The zero-order valence-electron chi connectivity index (χ0n) is 15.0. The number of piperazine rings is 1. The fraction of sp³-hybridized carbons (Fsp3) is 0.368. The van der Waals surface area contributed by atoms with Crippen LogP contribution < -0.4 is 4.74 Å². The monoisotopic (exact) mass is 378 g/mol. The molecule has 0 unspecified atom stereocenters. The Morgan fingerprint density at radius 2 is 1.77 bits per heavy atom. The second-order valence-corrected chi connectivity index (χ2v) is 8.34. The van der Waals surface area contributed by atoms with Crippen molar-refractivity contribution >= 4 is 10.0 Å². The molecule has 1 saturated heterocycles. The van der Waals surface area contributed by atoms with E-state index in [0.29, 0.717) is 38.3 Å². The molecule has 1 heterocycles. The molecule has 0 aliphatic carbocycles. The summed E-state index contributed by atoms with van der Waals surface area (Å²) in [5.41, 5.74) is 1.42. The molecule has 0 N–H and O–H groups in total. The van der Waals surface area contributed by atoms with Crippen LogP contribution in [0.4, 0.5) is 4.39 Å². The molecule has 3 rings (SSSR count). The predicted octanol–water partition coefficient (Wildman–Crippen LogP) is 2.65. The average Bonchev–Trinajstić information content (AvgIpc) is 2.65. The summed E-state index contributed by atoms with van der Waals surface area (Å²) < 4.78 is 45.8. The second kappa shape index (κ2) is 7.73. The van der Waals surface area contributed by atoms with Crippen molar-refractivity contribution in [3.05, 3.63) is 59.4 Å². The molecule has 140 valence electrons. The quantitative estimate of drug-likeness (QED) is 0.803. The van der Waals surface area contributed by atoms with Gasteiger partial charge in [-0.1, -0.05) is 18.2 Å². The normalized spacial score (nSPS) is 16.6. The number of aryl methyl sites for hydroxylation is 1. The lowest BCUT2D eigenvalue weighted by Crippen LogP contribution is -2.48. The largest absolute Gasteiger partial charge is 0.496 e. The highest BCUT2D eigenvalue weighted by molar-refractivity contribution is 7.89. The van der Waals surface area contributed by atoms with Crippen LogP contribution in [0.2, 0.25) is 0 Å². The van der Waals surface area contributed by atoms with Gasteiger partial charge in [0.2, 0.25) is 10.0 Å². The Hall–Kier alpha value is -1.96. The summed E-state index contributed by atoms with van der Waals surface area (Å²) in [6.07, 6.45) is 0. The Bertz CT molecular complexity index is 878. The maximum absolute atomic E-state index is 13.4. The van der Waals surface area contributed by atoms with E-state index in [9.17, 15) is 12.8 Å². The van der Waals surface area contributed by atoms with Gasteiger partial charge in [0.1, 0.15) is 11.6 Å². The third-order valence-electron chi connectivity index (χ3n) is 4.68. The van der Waals surface area contributed by atoms with E-state index in [1.165, 1.54) is 22.5 Å². The van der Waals surface area contributed by atoms with Crippen molar-refractivity contribution < 1.29 is 17.5 Å². The zero-order valence-corrected chi connectivity index (χ0v) is 15.8. The van der Waals surface area contributed by atoms with Gasteiger partial charge in [0.05, 0.1) is 12.0 Å². The molecule has 0 atom stereocenters. The van der Waals surface area contributed by atoms with Gasteiger partial charge in [-0.05, 0) is 36.8 Å². The number of rotatable bonds is 5. The number of ether oxygens (including phenoxy) is 1. The maximum Gasteiger partial charge on any atom is 0.243 e. The molecule has 0 radical (unpaired) electrons. The van der Waals surface area contributed by atoms with E-state index in [-0.39, 0.29) is 4.90 Å². The summed E-state index contributed by atoms with van der Waals surface area (Å²) in [5, 5.41) is 0. The van der Waals surface area contributed by atoms with Gasteiger partial charge in [0.15, 0.2) is 0 Å². The van der Waals surface area contributed by atoms with Gasteiger partial charge in [-0.3, -0.25) is 4.90 Å². The smallest absolute Gasteiger partial charge is 0.243 e. The molecule has 1 aliphatic rings. The lowest BCUT2D eigenvalue weighted by atomic mass is 10.2. The molecule has 0 spiro atoms. The number of sulfonamides is 1. The number of hydrogen-bond donors (Lipinski definition) is 0. The first-order valence-corrected chi connectivity index (χ1v) is 9.96. The van der Waals surface area contributed by atoms with Gasteiger partial charge >= 0.3 is 0 Å². The lowest BCUT2D eigenvalue weighted by molar-refractivity contribution is 0.180. The van der Waals surface area contributed by atoms with Crippen LogP contribution in [0.1, 0.15) is 11.1 Å². The van der Waals surface area contributed by atoms with Crippen LogP contribution in [0.15, 0.2) is 47.4 Å². The van der Waals surface area contributed by atoms with E-state index in [0.717, 1.165) is 11.3 Å². The molecular formula is C19H23FN2O3S. The number of methoxy groups -OCH3 is 1. The molecule has 1 fully saturated rings. The van der Waals surface area contributed by atoms with Crippen molar-refractivity contribution in [2.75, 3.05) is 33.3 Å². The predicted molar refractivity (Wildman–Crippen MR) is 98.2 cm³/mol. The van der Waals surface area contributed by atoms with E-state index in [1.54, 1.807) is 14.0 Å². The van der Waals surface area contributed by atoms with Crippen molar-refractivity contribution in [3.8, 4) is 5.75 Å². The molecule has 0 saturated carbocycles. The summed E-state index contributed by atoms with van der Waals surface area (Å²) in [7, 11) is -1.95. The minimum absolute atomic E-state index is 0.148. The molecule has 2 aromatic carbocycles.